The molecule has 2 rings (SSSR count). The largest absolute Gasteiger partial charge is 0.397 e. The number of nitrogen functional groups attached to an aromatic ring is 1. The van der Waals surface area contributed by atoms with Crippen LogP contribution in [0.2, 0.25) is 0 Å². The Kier molecular flexibility index (Phi) is 4.02. The molecule has 0 aliphatic rings. The fourth-order valence-electron chi connectivity index (χ4n) is 1.68. The minimum Gasteiger partial charge on any atom is -0.397 e. The summed E-state index contributed by atoms with van der Waals surface area (Å²) >= 11 is 0. The lowest BCUT2D eigenvalue weighted by Crippen LogP contribution is -2.21. The van der Waals surface area contributed by atoms with Gasteiger partial charge in [0.2, 0.25) is 0 Å². The van der Waals surface area contributed by atoms with Crippen LogP contribution >= 0.6 is 0 Å². The van der Waals surface area contributed by atoms with Crippen LogP contribution in [0.5, 0.6) is 0 Å². The molecule has 0 unspecified atom stereocenters. The lowest BCUT2D eigenvalue weighted by molar-refractivity contribution is 0.262. The number of urea groups is 1. The van der Waals surface area contributed by atoms with Gasteiger partial charge in [-0.25, -0.2) is 18.0 Å². The number of rotatable bonds is 2. The maximum Gasteiger partial charge on any atom is 0.323 e. The normalized spacial score (nSPS) is 10.3. The van der Waals surface area contributed by atoms with E-state index in [1.807, 2.05) is 0 Å². The highest BCUT2D eigenvalue weighted by molar-refractivity contribution is 6.01. The molecule has 21 heavy (non-hydrogen) atoms. The standard InChI is InChI=1S/C14H12F3N3O/c1-7-2-4-9(18)11(6-7)20-14(21)19-10-5-3-8(15)12(16)13(10)17/h2-6H,18H2,1H3,(H2,19,20,21). The lowest BCUT2D eigenvalue weighted by Gasteiger charge is -2.11. The summed E-state index contributed by atoms with van der Waals surface area (Å²) in [5.74, 6) is -4.45. The summed E-state index contributed by atoms with van der Waals surface area (Å²) in [7, 11) is 0. The molecule has 0 aromatic heterocycles. The smallest absolute Gasteiger partial charge is 0.323 e. The van der Waals surface area contributed by atoms with Gasteiger partial charge in [0.25, 0.3) is 0 Å². The number of carbonyl (C=O) groups is 1. The first-order valence-electron chi connectivity index (χ1n) is 5.96. The SMILES string of the molecule is Cc1ccc(N)c(NC(=O)Nc2ccc(F)c(F)c2F)c1. The third kappa shape index (κ3) is 3.25. The number of aryl methyl sites for hydroxylation is 1. The molecule has 2 aromatic carbocycles. The van der Waals surface area contributed by atoms with Gasteiger partial charge in [0.05, 0.1) is 17.1 Å². The highest BCUT2D eigenvalue weighted by Gasteiger charge is 2.15. The van der Waals surface area contributed by atoms with E-state index >= 15 is 0 Å². The summed E-state index contributed by atoms with van der Waals surface area (Å²) in [4.78, 5) is 11.7. The molecular formula is C14H12F3N3O. The summed E-state index contributed by atoms with van der Waals surface area (Å²) in [6.45, 7) is 1.80. The number of amides is 2. The maximum absolute atomic E-state index is 13.4. The topological polar surface area (TPSA) is 67.1 Å². The average Bonchev–Trinajstić information content (AvgIpc) is 2.43. The van der Waals surface area contributed by atoms with E-state index in [0.717, 1.165) is 17.7 Å². The van der Waals surface area contributed by atoms with E-state index in [1.165, 1.54) is 0 Å². The van der Waals surface area contributed by atoms with Crippen molar-refractivity contribution in [3.8, 4) is 0 Å². The molecule has 0 aliphatic heterocycles. The fraction of sp³-hybridized carbons (Fsp3) is 0.0714. The van der Waals surface area contributed by atoms with E-state index in [1.54, 1.807) is 25.1 Å². The molecule has 7 heteroatoms. The van der Waals surface area contributed by atoms with Crippen LogP contribution in [-0.2, 0) is 0 Å². The van der Waals surface area contributed by atoms with E-state index in [9.17, 15) is 18.0 Å². The Hall–Kier alpha value is -2.70. The summed E-state index contributed by atoms with van der Waals surface area (Å²) in [6, 6.07) is 5.80. The maximum atomic E-state index is 13.4. The second kappa shape index (κ2) is 5.74. The van der Waals surface area contributed by atoms with Gasteiger partial charge in [-0.15, -0.1) is 0 Å². The van der Waals surface area contributed by atoms with Crippen molar-refractivity contribution in [3.63, 3.8) is 0 Å². The second-order valence-corrected chi connectivity index (χ2v) is 4.39. The molecule has 0 bridgehead atoms. The molecular weight excluding hydrogens is 283 g/mol. The van der Waals surface area contributed by atoms with Gasteiger partial charge in [-0.05, 0) is 36.8 Å². The van der Waals surface area contributed by atoms with Crippen molar-refractivity contribution in [2.75, 3.05) is 16.4 Å². The Bertz CT molecular complexity index is 704. The Morgan fingerprint density at radius 3 is 2.38 bits per heavy atom. The van der Waals surface area contributed by atoms with E-state index in [2.05, 4.69) is 10.6 Å². The molecule has 0 heterocycles. The van der Waals surface area contributed by atoms with Gasteiger partial charge in [-0.3, -0.25) is 0 Å². The second-order valence-electron chi connectivity index (χ2n) is 4.39. The Morgan fingerprint density at radius 2 is 1.67 bits per heavy atom. The first-order valence-corrected chi connectivity index (χ1v) is 5.96. The highest BCUT2D eigenvalue weighted by atomic mass is 19.2. The Morgan fingerprint density at radius 1 is 1.00 bits per heavy atom. The van der Waals surface area contributed by atoms with Crippen LogP contribution in [0.1, 0.15) is 5.56 Å². The third-order valence-corrected chi connectivity index (χ3v) is 2.74. The van der Waals surface area contributed by atoms with Gasteiger partial charge in [-0.2, -0.15) is 0 Å². The number of nitrogens with one attached hydrogen (secondary N) is 2. The molecule has 0 saturated carbocycles. The Labute approximate surface area is 118 Å². The summed E-state index contributed by atoms with van der Waals surface area (Å²) < 4.78 is 39.2. The van der Waals surface area contributed by atoms with Crippen LogP contribution in [0, 0.1) is 24.4 Å². The van der Waals surface area contributed by atoms with Crippen molar-refractivity contribution >= 4 is 23.1 Å². The van der Waals surface area contributed by atoms with Gasteiger partial charge in [0.1, 0.15) is 0 Å². The van der Waals surface area contributed by atoms with Crippen LogP contribution in [-0.4, -0.2) is 6.03 Å². The highest BCUT2D eigenvalue weighted by Crippen LogP contribution is 2.22. The molecule has 2 amide bonds. The zero-order valence-corrected chi connectivity index (χ0v) is 11.0. The molecule has 2 aromatic rings. The quantitative estimate of drug-likeness (QED) is 0.585. The molecule has 0 fully saturated rings. The predicted octanol–water partition coefficient (Wildman–Crippen LogP) is 3.64. The number of hydrogen-bond acceptors (Lipinski definition) is 2. The fourth-order valence-corrected chi connectivity index (χ4v) is 1.68. The Balaban J connectivity index is 2.16. The average molecular weight is 295 g/mol. The zero-order chi connectivity index (χ0) is 15.6. The van der Waals surface area contributed by atoms with Crippen LogP contribution in [0.3, 0.4) is 0 Å². The molecule has 0 spiro atoms. The third-order valence-electron chi connectivity index (χ3n) is 2.74. The van der Waals surface area contributed by atoms with Gasteiger partial charge in [0, 0.05) is 0 Å². The van der Waals surface area contributed by atoms with E-state index < -0.39 is 29.2 Å². The van der Waals surface area contributed by atoms with Crippen molar-refractivity contribution in [1.29, 1.82) is 0 Å². The first kappa shape index (κ1) is 14.7. The van der Waals surface area contributed by atoms with Crippen molar-refractivity contribution in [2.45, 2.75) is 6.92 Å². The van der Waals surface area contributed by atoms with E-state index in [4.69, 9.17) is 5.73 Å². The van der Waals surface area contributed by atoms with Gasteiger partial charge < -0.3 is 16.4 Å². The number of benzene rings is 2. The van der Waals surface area contributed by atoms with Gasteiger partial charge in [-0.1, -0.05) is 6.07 Å². The first-order chi connectivity index (χ1) is 9.88. The molecule has 4 nitrogen and oxygen atoms in total. The number of nitrogens with two attached hydrogens (primary N) is 1. The van der Waals surface area contributed by atoms with Crippen LogP contribution in [0.15, 0.2) is 30.3 Å². The van der Waals surface area contributed by atoms with E-state index in [-0.39, 0.29) is 0 Å². The molecule has 0 atom stereocenters. The number of hydrogen-bond donors (Lipinski definition) is 3. The van der Waals surface area contributed by atoms with Crippen molar-refractivity contribution < 1.29 is 18.0 Å². The molecule has 4 N–H and O–H groups in total. The minimum absolute atomic E-state index is 0.321. The van der Waals surface area contributed by atoms with E-state index in [0.29, 0.717) is 11.4 Å². The van der Waals surface area contributed by atoms with Crippen molar-refractivity contribution in [1.82, 2.24) is 0 Å². The number of anilines is 3. The zero-order valence-electron chi connectivity index (χ0n) is 11.0. The van der Waals surface area contributed by atoms with Gasteiger partial charge >= 0.3 is 6.03 Å². The van der Waals surface area contributed by atoms with Crippen LogP contribution in [0.4, 0.5) is 35.0 Å². The lowest BCUT2D eigenvalue weighted by atomic mass is 10.2. The molecule has 0 radical (unpaired) electrons. The molecule has 0 saturated heterocycles. The summed E-state index contributed by atoms with van der Waals surface area (Å²) in [5, 5.41) is 4.49. The van der Waals surface area contributed by atoms with Crippen molar-refractivity contribution in [2.24, 2.45) is 0 Å². The van der Waals surface area contributed by atoms with Crippen LogP contribution in [0.25, 0.3) is 0 Å². The molecule has 0 aliphatic carbocycles. The van der Waals surface area contributed by atoms with Gasteiger partial charge in [0.15, 0.2) is 17.5 Å². The number of carbonyl (C=O) groups excluding carboxylic acids is 1. The monoisotopic (exact) mass is 295 g/mol. The number of halogens is 3. The van der Waals surface area contributed by atoms with Crippen molar-refractivity contribution in [3.05, 3.63) is 53.3 Å². The van der Waals surface area contributed by atoms with Crippen LogP contribution < -0.4 is 16.4 Å². The summed E-state index contributed by atoms with van der Waals surface area (Å²) in [6.07, 6.45) is 0. The molecule has 110 valence electrons. The minimum atomic E-state index is -1.65. The predicted molar refractivity (Wildman–Crippen MR) is 74.5 cm³/mol. The summed E-state index contributed by atoms with van der Waals surface area (Å²) in [5.41, 5.74) is 6.71.